The molecule has 1 heterocycles. The van der Waals surface area contributed by atoms with Crippen molar-refractivity contribution in [1.29, 1.82) is 0 Å². The minimum atomic E-state index is 0.214. The van der Waals surface area contributed by atoms with Gasteiger partial charge in [0.25, 0.3) is 0 Å². The molecular formula is C18H19NO. The van der Waals surface area contributed by atoms with Crippen LogP contribution in [0.3, 0.4) is 0 Å². The zero-order valence-corrected chi connectivity index (χ0v) is 11.6. The maximum Gasteiger partial charge on any atom is 0.122 e. The van der Waals surface area contributed by atoms with E-state index in [2.05, 4.69) is 36.4 Å². The molecule has 102 valence electrons. The second-order valence-corrected chi connectivity index (χ2v) is 5.79. The molecule has 1 aliphatic heterocycles. The van der Waals surface area contributed by atoms with E-state index in [4.69, 9.17) is 10.5 Å². The molecule has 0 saturated heterocycles. The summed E-state index contributed by atoms with van der Waals surface area (Å²) in [4.78, 5) is 0. The first-order valence-corrected chi connectivity index (χ1v) is 7.46. The number of rotatable bonds is 1. The molecule has 4 rings (SSSR count). The second kappa shape index (κ2) is 4.64. The van der Waals surface area contributed by atoms with Crippen LogP contribution in [0, 0.1) is 0 Å². The molecule has 0 aromatic heterocycles. The highest BCUT2D eigenvalue weighted by molar-refractivity contribution is 5.71. The average molecular weight is 265 g/mol. The molecule has 20 heavy (non-hydrogen) atoms. The van der Waals surface area contributed by atoms with Crippen LogP contribution in [0.2, 0.25) is 0 Å². The van der Waals surface area contributed by atoms with E-state index in [-0.39, 0.29) is 6.04 Å². The molecule has 0 fully saturated rings. The van der Waals surface area contributed by atoms with Crippen LogP contribution >= 0.6 is 0 Å². The molecule has 0 saturated carbocycles. The van der Waals surface area contributed by atoms with Gasteiger partial charge in [0.1, 0.15) is 5.75 Å². The van der Waals surface area contributed by atoms with Crippen molar-refractivity contribution in [3.05, 3.63) is 53.1 Å². The Hall–Kier alpha value is -1.80. The first-order chi connectivity index (χ1) is 9.83. The number of hydrogen-bond donors (Lipinski definition) is 1. The van der Waals surface area contributed by atoms with Crippen molar-refractivity contribution >= 4 is 0 Å². The molecule has 1 unspecified atom stereocenters. The fourth-order valence-electron chi connectivity index (χ4n) is 3.48. The minimum absolute atomic E-state index is 0.214. The van der Waals surface area contributed by atoms with Gasteiger partial charge in [-0.15, -0.1) is 0 Å². The first kappa shape index (κ1) is 12.0. The number of hydrogen-bond acceptors (Lipinski definition) is 2. The van der Waals surface area contributed by atoms with Crippen molar-refractivity contribution in [2.45, 2.75) is 31.7 Å². The third-order valence-electron chi connectivity index (χ3n) is 4.54. The Morgan fingerprint density at radius 2 is 2.05 bits per heavy atom. The summed E-state index contributed by atoms with van der Waals surface area (Å²) in [5, 5.41) is 0. The van der Waals surface area contributed by atoms with Gasteiger partial charge in [0.15, 0.2) is 0 Å². The standard InChI is InChI=1S/C18H19NO/c19-17-8-7-15-14(4-1-5-16(15)17)12-6-9-18-13(11-12)3-2-10-20-18/h1,4-6,9,11,17H,2-3,7-8,10,19H2. The van der Waals surface area contributed by atoms with Crippen LogP contribution in [-0.2, 0) is 12.8 Å². The highest BCUT2D eigenvalue weighted by Crippen LogP contribution is 2.38. The van der Waals surface area contributed by atoms with Gasteiger partial charge in [-0.25, -0.2) is 0 Å². The molecule has 2 N–H and O–H groups in total. The zero-order valence-electron chi connectivity index (χ0n) is 11.6. The second-order valence-electron chi connectivity index (χ2n) is 5.79. The molecule has 2 aromatic rings. The first-order valence-electron chi connectivity index (χ1n) is 7.46. The van der Waals surface area contributed by atoms with Gasteiger partial charge in [-0.1, -0.05) is 24.3 Å². The summed E-state index contributed by atoms with van der Waals surface area (Å²) in [6.45, 7) is 0.849. The van der Waals surface area contributed by atoms with Gasteiger partial charge < -0.3 is 10.5 Å². The maximum absolute atomic E-state index is 6.18. The van der Waals surface area contributed by atoms with Gasteiger partial charge in [-0.05, 0) is 65.6 Å². The van der Waals surface area contributed by atoms with E-state index in [9.17, 15) is 0 Å². The Morgan fingerprint density at radius 3 is 3.00 bits per heavy atom. The lowest BCUT2D eigenvalue weighted by atomic mass is 9.94. The minimum Gasteiger partial charge on any atom is -0.493 e. The monoisotopic (exact) mass is 265 g/mol. The number of benzene rings is 2. The molecule has 2 heteroatoms. The summed E-state index contributed by atoms with van der Waals surface area (Å²) in [7, 11) is 0. The molecule has 0 radical (unpaired) electrons. The van der Waals surface area contributed by atoms with E-state index in [1.807, 2.05) is 0 Å². The molecule has 0 spiro atoms. The molecule has 0 bridgehead atoms. The quantitative estimate of drug-likeness (QED) is 0.854. The van der Waals surface area contributed by atoms with Crippen molar-refractivity contribution < 1.29 is 4.74 Å². The van der Waals surface area contributed by atoms with Crippen LogP contribution in [0.25, 0.3) is 11.1 Å². The third kappa shape index (κ3) is 1.83. The summed E-state index contributed by atoms with van der Waals surface area (Å²) in [5.41, 5.74) is 13.0. The normalized spacial score (nSPS) is 20.1. The van der Waals surface area contributed by atoms with Gasteiger partial charge >= 0.3 is 0 Å². The third-order valence-corrected chi connectivity index (χ3v) is 4.54. The van der Waals surface area contributed by atoms with E-state index in [0.29, 0.717) is 0 Å². The van der Waals surface area contributed by atoms with Crippen molar-refractivity contribution in [3.63, 3.8) is 0 Å². The number of fused-ring (bicyclic) bond motifs is 2. The van der Waals surface area contributed by atoms with E-state index >= 15 is 0 Å². The lowest BCUT2D eigenvalue weighted by Crippen LogP contribution is -2.08. The summed E-state index contributed by atoms with van der Waals surface area (Å²) >= 11 is 0. The van der Waals surface area contributed by atoms with Crippen molar-refractivity contribution in [2.75, 3.05) is 6.61 Å². The lowest BCUT2D eigenvalue weighted by Gasteiger charge is -2.18. The van der Waals surface area contributed by atoms with Crippen molar-refractivity contribution in [1.82, 2.24) is 0 Å². The fraction of sp³-hybridized carbons (Fsp3) is 0.333. The molecule has 0 amide bonds. The van der Waals surface area contributed by atoms with Gasteiger partial charge in [-0.3, -0.25) is 0 Å². The molecular weight excluding hydrogens is 246 g/mol. The Bertz CT molecular complexity index is 662. The van der Waals surface area contributed by atoms with Crippen LogP contribution in [-0.4, -0.2) is 6.61 Å². The molecule has 2 nitrogen and oxygen atoms in total. The highest BCUT2D eigenvalue weighted by atomic mass is 16.5. The molecule has 1 atom stereocenters. The summed E-state index contributed by atoms with van der Waals surface area (Å²) in [6.07, 6.45) is 4.41. The largest absolute Gasteiger partial charge is 0.493 e. The fourth-order valence-corrected chi connectivity index (χ4v) is 3.48. The Labute approximate surface area is 119 Å². The van der Waals surface area contributed by atoms with E-state index in [1.54, 1.807) is 0 Å². The maximum atomic E-state index is 6.18. The Balaban J connectivity index is 1.82. The molecule has 1 aliphatic carbocycles. The lowest BCUT2D eigenvalue weighted by molar-refractivity contribution is 0.288. The Kier molecular flexibility index (Phi) is 2.78. The number of aryl methyl sites for hydroxylation is 1. The van der Waals surface area contributed by atoms with Gasteiger partial charge in [0.05, 0.1) is 6.61 Å². The van der Waals surface area contributed by atoms with E-state index in [0.717, 1.165) is 38.0 Å². The SMILES string of the molecule is NC1CCc2c(-c3ccc4c(c3)CCCO4)cccc21. The van der Waals surface area contributed by atoms with E-state index in [1.165, 1.54) is 27.8 Å². The van der Waals surface area contributed by atoms with Crippen LogP contribution in [0.5, 0.6) is 5.75 Å². The molecule has 2 aliphatic rings. The van der Waals surface area contributed by atoms with Gasteiger partial charge in [0, 0.05) is 6.04 Å². The smallest absolute Gasteiger partial charge is 0.122 e. The van der Waals surface area contributed by atoms with Crippen LogP contribution < -0.4 is 10.5 Å². The number of nitrogens with two attached hydrogens (primary N) is 1. The van der Waals surface area contributed by atoms with E-state index < -0.39 is 0 Å². The predicted octanol–water partition coefficient (Wildman–Crippen LogP) is 3.62. The summed E-state index contributed by atoms with van der Waals surface area (Å²) in [5.74, 6) is 1.06. The highest BCUT2D eigenvalue weighted by Gasteiger charge is 2.22. The zero-order chi connectivity index (χ0) is 13.5. The average Bonchev–Trinajstić information content (AvgIpc) is 2.88. The summed E-state index contributed by atoms with van der Waals surface area (Å²) in [6, 6.07) is 13.4. The summed E-state index contributed by atoms with van der Waals surface area (Å²) < 4.78 is 5.70. The van der Waals surface area contributed by atoms with Gasteiger partial charge in [0.2, 0.25) is 0 Å². The van der Waals surface area contributed by atoms with Crippen LogP contribution in [0.1, 0.15) is 35.6 Å². The van der Waals surface area contributed by atoms with Crippen molar-refractivity contribution in [2.24, 2.45) is 5.73 Å². The van der Waals surface area contributed by atoms with Gasteiger partial charge in [-0.2, -0.15) is 0 Å². The topological polar surface area (TPSA) is 35.2 Å². The Morgan fingerprint density at radius 1 is 1.10 bits per heavy atom. The predicted molar refractivity (Wildman–Crippen MR) is 80.9 cm³/mol. The van der Waals surface area contributed by atoms with Crippen LogP contribution in [0.15, 0.2) is 36.4 Å². The number of ether oxygens (including phenoxy) is 1. The van der Waals surface area contributed by atoms with Crippen molar-refractivity contribution in [3.8, 4) is 16.9 Å². The van der Waals surface area contributed by atoms with Crippen LogP contribution in [0.4, 0.5) is 0 Å². The molecule has 2 aromatic carbocycles.